The number of nitrogens with one attached hydrogen (secondary N) is 1. The van der Waals surface area contributed by atoms with Crippen LogP contribution in [-0.2, 0) is 6.54 Å². The number of hydrogen-bond donors (Lipinski definition) is 1. The first-order chi connectivity index (χ1) is 11.2. The van der Waals surface area contributed by atoms with Crippen molar-refractivity contribution >= 4 is 5.95 Å². The van der Waals surface area contributed by atoms with Gasteiger partial charge in [0.25, 0.3) is 0 Å². The van der Waals surface area contributed by atoms with Crippen molar-refractivity contribution in [2.45, 2.75) is 51.7 Å². The summed E-state index contributed by atoms with van der Waals surface area (Å²) in [5, 5.41) is 3.03. The Balaban J connectivity index is 1.82. The largest absolute Gasteiger partial charge is 0.357 e. The van der Waals surface area contributed by atoms with Gasteiger partial charge in [0.1, 0.15) is 5.82 Å². The second-order valence-corrected chi connectivity index (χ2v) is 6.38. The van der Waals surface area contributed by atoms with E-state index in [1.807, 2.05) is 25.5 Å². The maximum absolute atomic E-state index is 4.66. The van der Waals surface area contributed by atoms with E-state index in [9.17, 15) is 0 Å². The first kappa shape index (κ1) is 15.9. The Morgan fingerprint density at radius 2 is 2.13 bits per heavy atom. The van der Waals surface area contributed by atoms with Crippen molar-refractivity contribution in [1.82, 2.24) is 24.4 Å². The van der Waals surface area contributed by atoms with E-state index in [0.717, 1.165) is 31.0 Å². The van der Waals surface area contributed by atoms with Crippen LogP contribution in [0.2, 0.25) is 0 Å². The summed E-state index contributed by atoms with van der Waals surface area (Å²) < 4.78 is 2.25. The highest BCUT2D eigenvalue weighted by Crippen LogP contribution is 2.31. The molecule has 1 atom stereocenters. The Morgan fingerprint density at radius 3 is 2.91 bits per heavy atom. The van der Waals surface area contributed by atoms with Gasteiger partial charge in [-0.1, -0.05) is 6.42 Å². The second-order valence-electron chi connectivity index (χ2n) is 6.38. The van der Waals surface area contributed by atoms with Gasteiger partial charge < -0.3 is 9.88 Å². The van der Waals surface area contributed by atoms with Crippen LogP contribution in [0.25, 0.3) is 0 Å². The topological polar surface area (TPSA) is 58.9 Å². The molecule has 0 aliphatic carbocycles. The van der Waals surface area contributed by atoms with Crippen molar-refractivity contribution in [3.63, 3.8) is 0 Å². The highest BCUT2D eigenvalue weighted by molar-refractivity contribution is 5.25. The van der Waals surface area contributed by atoms with Crippen LogP contribution < -0.4 is 5.32 Å². The van der Waals surface area contributed by atoms with Gasteiger partial charge in [-0.25, -0.2) is 15.0 Å². The van der Waals surface area contributed by atoms with Crippen LogP contribution in [0.1, 0.15) is 56.7 Å². The number of aromatic nitrogens is 4. The number of hydrogen-bond acceptors (Lipinski definition) is 5. The van der Waals surface area contributed by atoms with E-state index in [4.69, 9.17) is 0 Å². The van der Waals surface area contributed by atoms with Crippen LogP contribution in [0.15, 0.2) is 24.7 Å². The molecule has 2 aromatic heterocycles. The summed E-state index contributed by atoms with van der Waals surface area (Å²) in [5.41, 5.74) is 1.10. The molecule has 6 nitrogen and oxygen atoms in total. The Kier molecular flexibility index (Phi) is 4.91. The van der Waals surface area contributed by atoms with Crippen molar-refractivity contribution in [2.75, 3.05) is 18.9 Å². The molecular weight excluding hydrogens is 288 g/mol. The van der Waals surface area contributed by atoms with Gasteiger partial charge in [0, 0.05) is 31.7 Å². The van der Waals surface area contributed by atoms with Gasteiger partial charge in [-0.2, -0.15) is 0 Å². The van der Waals surface area contributed by atoms with Gasteiger partial charge >= 0.3 is 0 Å². The van der Waals surface area contributed by atoms with Crippen molar-refractivity contribution in [2.24, 2.45) is 0 Å². The monoisotopic (exact) mass is 314 g/mol. The SMILES string of the molecule is CNc1nccc(C2CCCCN2Cc2nccn2C(C)C)n1. The van der Waals surface area contributed by atoms with Crippen LogP contribution in [0.4, 0.5) is 5.95 Å². The van der Waals surface area contributed by atoms with Gasteiger partial charge in [-0.3, -0.25) is 4.90 Å². The molecule has 124 valence electrons. The summed E-state index contributed by atoms with van der Waals surface area (Å²) in [7, 11) is 1.86. The van der Waals surface area contributed by atoms with E-state index < -0.39 is 0 Å². The summed E-state index contributed by atoms with van der Waals surface area (Å²) in [6, 6.07) is 2.82. The number of rotatable bonds is 5. The summed E-state index contributed by atoms with van der Waals surface area (Å²) in [5.74, 6) is 1.83. The van der Waals surface area contributed by atoms with Gasteiger partial charge in [-0.15, -0.1) is 0 Å². The van der Waals surface area contributed by atoms with Crippen LogP contribution in [0, 0.1) is 0 Å². The van der Waals surface area contributed by atoms with Gasteiger partial charge in [-0.05, 0) is 39.3 Å². The molecule has 3 rings (SSSR count). The average Bonchev–Trinajstić information content (AvgIpc) is 3.04. The zero-order valence-corrected chi connectivity index (χ0v) is 14.2. The maximum atomic E-state index is 4.66. The minimum Gasteiger partial charge on any atom is -0.357 e. The Hall–Kier alpha value is -1.95. The van der Waals surface area contributed by atoms with Gasteiger partial charge in [0.2, 0.25) is 5.95 Å². The zero-order valence-electron chi connectivity index (χ0n) is 14.2. The van der Waals surface area contributed by atoms with Gasteiger partial charge in [0.15, 0.2) is 0 Å². The molecule has 1 aliphatic heterocycles. The Morgan fingerprint density at radius 1 is 1.26 bits per heavy atom. The number of nitrogens with zero attached hydrogens (tertiary/aromatic N) is 5. The van der Waals surface area contributed by atoms with Crippen molar-refractivity contribution < 1.29 is 0 Å². The number of imidazole rings is 1. The Bertz CT molecular complexity index is 636. The lowest BCUT2D eigenvalue weighted by atomic mass is 9.99. The molecule has 2 aromatic rings. The summed E-state index contributed by atoms with van der Waals surface area (Å²) >= 11 is 0. The second kappa shape index (κ2) is 7.08. The third-order valence-corrected chi connectivity index (χ3v) is 4.51. The van der Waals surface area contributed by atoms with Crippen LogP contribution in [0.3, 0.4) is 0 Å². The molecule has 1 saturated heterocycles. The van der Waals surface area contributed by atoms with E-state index in [-0.39, 0.29) is 0 Å². The lowest BCUT2D eigenvalue weighted by Crippen LogP contribution is -2.34. The molecule has 1 aliphatic rings. The standard InChI is InChI=1S/C17H26N6/c1-13(2)23-11-9-19-16(23)12-22-10-5-4-6-15(22)14-7-8-20-17(18-3)21-14/h7-9,11,13,15H,4-6,10,12H2,1-3H3,(H,18,20,21). The highest BCUT2D eigenvalue weighted by Gasteiger charge is 2.26. The molecule has 1 fully saturated rings. The average molecular weight is 314 g/mol. The van der Waals surface area contributed by atoms with E-state index >= 15 is 0 Å². The molecule has 0 radical (unpaired) electrons. The molecular formula is C17H26N6. The molecule has 1 unspecified atom stereocenters. The lowest BCUT2D eigenvalue weighted by molar-refractivity contribution is 0.131. The molecule has 0 saturated carbocycles. The third kappa shape index (κ3) is 3.52. The molecule has 0 spiro atoms. The highest BCUT2D eigenvalue weighted by atomic mass is 15.2. The quantitative estimate of drug-likeness (QED) is 0.919. The molecule has 6 heteroatoms. The molecule has 0 amide bonds. The number of anilines is 1. The fourth-order valence-electron chi connectivity index (χ4n) is 3.31. The Labute approximate surface area is 138 Å². The van der Waals surface area contributed by atoms with Crippen LogP contribution in [-0.4, -0.2) is 38.0 Å². The molecule has 1 N–H and O–H groups in total. The summed E-state index contributed by atoms with van der Waals surface area (Å²) in [4.78, 5) is 16.0. The van der Waals surface area contributed by atoms with E-state index in [2.05, 4.69) is 49.8 Å². The maximum Gasteiger partial charge on any atom is 0.222 e. The van der Waals surface area contributed by atoms with E-state index in [0.29, 0.717) is 18.0 Å². The summed E-state index contributed by atoms with van der Waals surface area (Å²) in [6.07, 6.45) is 9.45. The minimum atomic E-state index is 0.344. The van der Waals surface area contributed by atoms with Crippen molar-refractivity contribution in [1.29, 1.82) is 0 Å². The molecule has 3 heterocycles. The first-order valence-corrected chi connectivity index (χ1v) is 8.45. The summed E-state index contributed by atoms with van der Waals surface area (Å²) in [6.45, 7) is 6.36. The lowest BCUT2D eigenvalue weighted by Gasteiger charge is -2.35. The molecule has 0 bridgehead atoms. The van der Waals surface area contributed by atoms with Crippen LogP contribution in [0.5, 0.6) is 0 Å². The normalized spacial score (nSPS) is 19.2. The number of likely N-dealkylation sites (tertiary alicyclic amines) is 1. The van der Waals surface area contributed by atoms with Crippen molar-refractivity contribution in [3.05, 3.63) is 36.2 Å². The van der Waals surface area contributed by atoms with Crippen molar-refractivity contribution in [3.8, 4) is 0 Å². The van der Waals surface area contributed by atoms with E-state index in [1.54, 1.807) is 0 Å². The van der Waals surface area contributed by atoms with E-state index in [1.165, 1.54) is 12.8 Å². The zero-order chi connectivity index (χ0) is 16.2. The fraction of sp³-hybridized carbons (Fsp3) is 0.588. The first-order valence-electron chi connectivity index (χ1n) is 8.45. The predicted octanol–water partition coefficient (Wildman–Crippen LogP) is 3.02. The number of piperidine rings is 1. The minimum absolute atomic E-state index is 0.344. The van der Waals surface area contributed by atoms with Crippen LogP contribution >= 0.6 is 0 Å². The molecule has 23 heavy (non-hydrogen) atoms. The fourth-order valence-corrected chi connectivity index (χ4v) is 3.31. The molecule has 0 aromatic carbocycles. The third-order valence-electron chi connectivity index (χ3n) is 4.51. The van der Waals surface area contributed by atoms with Gasteiger partial charge in [0.05, 0.1) is 18.3 Å². The predicted molar refractivity (Wildman–Crippen MR) is 91.2 cm³/mol. The smallest absolute Gasteiger partial charge is 0.222 e.